The van der Waals surface area contributed by atoms with Crippen molar-refractivity contribution in [1.82, 2.24) is 25.2 Å². The fraction of sp³-hybridized carbons (Fsp3) is 0.241. The molecular formula is C29H29N5O3. The van der Waals surface area contributed by atoms with Crippen molar-refractivity contribution >= 4 is 11.8 Å². The van der Waals surface area contributed by atoms with Gasteiger partial charge in [0.2, 0.25) is 5.91 Å². The summed E-state index contributed by atoms with van der Waals surface area (Å²) in [6.07, 6.45) is 0. The van der Waals surface area contributed by atoms with Gasteiger partial charge in [-0.15, -0.1) is 5.10 Å². The van der Waals surface area contributed by atoms with E-state index in [2.05, 4.69) is 15.6 Å². The normalized spacial score (nSPS) is 15.0. The van der Waals surface area contributed by atoms with Crippen LogP contribution >= 0.6 is 0 Å². The minimum Gasteiger partial charge on any atom is -0.497 e. The van der Waals surface area contributed by atoms with Crippen LogP contribution in [0.5, 0.6) is 5.75 Å². The van der Waals surface area contributed by atoms with Crippen molar-refractivity contribution in [2.24, 2.45) is 0 Å². The number of nitrogens with one attached hydrogen (secondary N) is 1. The van der Waals surface area contributed by atoms with E-state index in [4.69, 9.17) is 4.74 Å². The zero-order chi connectivity index (χ0) is 26.2. The van der Waals surface area contributed by atoms with Gasteiger partial charge in [0.15, 0.2) is 5.69 Å². The van der Waals surface area contributed by atoms with Gasteiger partial charge in [-0.1, -0.05) is 65.9 Å². The molecule has 8 nitrogen and oxygen atoms in total. The molecule has 0 saturated carbocycles. The Labute approximate surface area is 215 Å². The average molecular weight is 496 g/mol. The summed E-state index contributed by atoms with van der Waals surface area (Å²) in [6, 6.07) is 23.6. The van der Waals surface area contributed by atoms with E-state index in [9.17, 15) is 9.59 Å². The van der Waals surface area contributed by atoms with Gasteiger partial charge in [0, 0.05) is 23.2 Å². The number of amides is 2. The zero-order valence-electron chi connectivity index (χ0n) is 21.3. The highest BCUT2D eigenvalue weighted by atomic mass is 16.5. The number of aromatic nitrogens is 3. The number of nitrogens with zero attached hydrogens (tertiary/aromatic N) is 4. The van der Waals surface area contributed by atoms with E-state index in [1.54, 1.807) is 16.7 Å². The first-order valence-corrected chi connectivity index (χ1v) is 12.1. The standard InChI is InChI=1S/C29H29N5O3/c1-29(2,3)30-27(35)25-22-12-8-9-13-23(22)34-26(24(31-32-34)20-10-6-5-7-11-20)28(36)33(25)18-19-14-16-21(37-4)17-15-19/h5-17,25H,18H2,1-4H3,(H,30,35). The van der Waals surface area contributed by atoms with Crippen LogP contribution in [0.3, 0.4) is 0 Å². The maximum Gasteiger partial charge on any atom is 0.276 e. The number of ether oxygens (including phenoxy) is 1. The van der Waals surface area contributed by atoms with E-state index in [0.29, 0.717) is 28.4 Å². The summed E-state index contributed by atoms with van der Waals surface area (Å²) in [7, 11) is 1.61. The Morgan fingerprint density at radius 1 is 0.973 bits per heavy atom. The summed E-state index contributed by atoms with van der Waals surface area (Å²) in [5.41, 5.74) is 3.26. The summed E-state index contributed by atoms with van der Waals surface area (Å²) in [5.74, 6) is 0.124. The summed E-state index contributed by atoms with van der Waals surface area (Å²) in [4.78, 5) is 29.8. The van der Waals surface area contributed by atoms with Crippen LogP contribution in [0.2, 0.25) is 0 Å². The number of methoxy groups -OCH3 is 1. The first-order chi connectivity index (χ1) is 17.8. The SMILES string of the molecule is COc1ccc(CN2C(=O)c3c(-c4ccccc4)nnn3-c3ccccc3C2C(=O)NC(C)(C)C)cc1. The molecule has 1 aliphatic heterocycles. The molecule has 1 N–H and O–H groups in total. The Kier molecular flexibility index (Phi) is 6.25. The number of carbonyl (C=O) groups is 2. The molecule has 0 bridgehead atoms. The van der Waals surface area contributed by atoms with Crippen LogP contribution in [-0.4, -0.2) is 44.4 Å². The van der Waals surface area contributed by atoms with Gasteiger partial charge in [0.05, 0.1) is 12.8 Å². The first kappa shape index (κ1) is 24.2. The number of rotatable bonds is 5. The van der Waals surface area contributed by atoms with Gasteiger partial charge in [0.25, 0.3) is 5.91 Å². The fourth-order valence-corrected chi connectivity index (χ4v) is 4.58. The molecule has 3 aromatic carbocycles. The summed E-state index contributed by atoms with van der Waals surface area (Å²) >= 11 is 0. The van der Waals surface area contributed by atoms with E-state index in [1.807, 2.05) is 99.6 Å². The molecule has 1 atom stereocenters. The minimum absolute atomic E-state index is 0.207. The Balaban J connectivity index is 1.71. The van der Waals surface area contributed by atoms with Crippen LogP contribution in [-0.2, 0) is 11.3 Å². The number of fused-ring (bicyclic) bond motifs is 3. The first-order valence-electron chi connectivity index (χ1n) is 12.1. The van der Waals surface area contributed by atoms with Crippen LogP contribution in [0.25, 0.3) is 16.9 Å². The molecule has 2 amide bonds. The largest absolute Gasteiger partial charge is 0.497 e. The molecule has 4 aromatic rings. The lowest BCUT2D eigenvalue weighted by molar-refractivity contribution is -0.127. The van der Waals surface area contributed by atoms with E-state index in [1.165, 1.54) is 0 Å². The molecule has 1 aromatic heterocycles. The highest BCUT2D eigenvalue weighted by Gasteiger charge is 2.41. The van der Waals surface area contributed by atoms with Gasteiger partial charge in [-0.05, 0) is 44.5 Å². The molecule has 8 heteroatoms. The van der Waals surface area contributed by atoms with Crippen LogP contribution in [0.1, 0.15) is 48.4 Å². The number of benzene rings is 3. The molecule has 0 saturated heterocycles. The monoisotopic (exact) mass is 495 g/mol. The van der Waals surface area contributed by atoms with Crippen molar-refractivity contribution in [2.75, 3.05) is 7.11 Å². The van der Waals surface area contributed by atoms with Gasteiger partial charge in [-0.2, -0.15) is 0 Å². The fourth-order valence-electron chi connectivity index (χ4n) is 4.58. The van der Waals surface area contributed by atoms with Crippen molar-refractivity contribution in [3.8, 4) is 22.7 Å². The van der Waals surface area contributed by atoms with E-state index >= 15 is 0 Å². The van der Waals surface area contributed by atoms with Gasteiger partial charge < -0.3 is 15.0 Å². The Morgan fingerprint density at radius 2 is 1.65 bits per heavy atom. The van der Waals surface area contributed by atoms with Crippen LogP contribution in [0.15, 0.2) is 78.9 Å². The van der Waals surface area contributed by atoms with E-state index in [-0.39, 0.29) is 18.4 Å². The zero-order valence-corrected chi connectivity index (χ0v) is 21.3. The third-order valence-corrected chi connectivity index (χ3v) is 6.21. The average Bonchev–Trinajstić information content (AvgIpc) is 3.29. The van der Waals surface area contributed by atoms with Gasteiger partial charge >= 0.3 is 0 Å². The highest BCUT2D eigenvalue weighted by Crippen LogP contribution is 2.37. The summed E-state index contributed by atoms with van der Waals surface area (Å²) in [5, 5.41) is 11.9. The van der Waals surface area contributed by atoms with Crippen molar-refractivity contribution in [3.63, 3.8) is 0 Å². The summed E-state index contributed by atoms with van der Waals surface area (Å²) < 4.78 is 6.86. The van der Waals surface area contributed by atoms with Crippen molar-refractivity contribution in [1.29, 1.82) is 0 Å². The molecule has 1 unspecified atom stereocenters. The van der Waals surface area contributed by atoms with Crippen LogP contribution in [0.4, 0.5) is 0 Å². The number of hydrogen-bond acceptors (Lipinski definition) is 5. The van der Waals surface area contributed by atoms with Crippen molar-refractivity contribution in [3.05, 3.63) is 95.7 Å². The second-order valence-electron chi connectivity index (χ2n) is 10.0. The van der Waals surface area contributed by atoms with Gasteiger partial charge in [-0.3, -0.25) is 9.59 Å². The Bertz CT molecular complexity index is 1440. The van der Waals surface area contributed by atoms with E-state index < -0.39 is 11.6 Å². The third kappa shape index (κ3) is 4.70. The third-order valence-electron chi connectivity index (χ3n) is 6.21. The summed E-state index contributed by atoms with van der Waals surface area (Å²) in [6.45, 7) is 5.97. The molecule has 5 rings (SSSR count). The predicted octanol–water partition coefficient (Wildman–Crippen LogP) is 4.55. The number of para-hydroxylation sites is 1. The lowest BCUT2D eigenvalue weighted by Gasteiger charge is -2.32. The molecule has 2 heterocycles. The Morgan fingerprint density at radius 3 is 2.32 bits per heavy atom. The van der Waals surface area contributed by atoms with Crippen LogP contribution < -0.4 is 10.1 Å². The van der Waals surface area contributed by atoms with E-state index in [0.717, 1.165) is 11.1 Å². The van der Waals surface area contributed by atoms with Crippen molar-refractivity contribution < 1.29 is 14.3 Å². The highest BCUT2D eigenvalue weighted by molar-refractivity contribution is 6.02. The quantitative estimate of drug-likeness (QED) is 0.439. The molecule has 37 heavy (non-hydrogen) atoms. The van der Waals surface area contributed by atoms with Crippen LogP contribution in [0, 0.1) is 0 Å². The van der Waals surface area contributed by atoms with Crippen molar-refractivity contribution in [2.45, 2.75) is 38.9 Å². The lowest BCUT2D eigenvalue weighted by atomic mass is 9.99. The molecule has 188 valence electrons. The van der Waals surface area contributed by atoms with Gasteiger partial charge in [0.1, 0.15) is 17.5 Å². The lowest BCUT2D eigenvalue weighted by Crippen LogP contribution is -2.48. The molecule has 1 aliphatic rings. The Hall–Kier alpha value is -4.46. The molecule has 0 radical (unpaired) electrons. The maximum atomic E-state index is 14.4. The number of hydrogen-bond donors (Lipinski definition) is 1. The second kappa shape index (κ2) is 9.54. The van der Waals surface area contributed by atoms with Gasteiger partial charge in [-0.25, -0.2) is 4.68 Å². The molecular weight excluding hydrogens is 466 g/mol. The topological polar surface area (TPSA) is 89.3 Å². The second-order valence-corrected chi connectivity index (χ2v) is 10.0. The minimum atomic E-state index is -0.879. The molecule has 0 spiro atoms. The smallest absolute Gasteiger partial charge is 0.276 e. The number of carbonyl (C=O) groups excluding carboxylic acids is 2. The maximum absolute atomic E-state index is 14.4. The predicted molar refractivity (Wildman–Crippen MR) is 140 cm³/mol. The molecule has 0 fully saturated rings. The molecule has 0 aliphatic carbocycles.